The Balaban J connectivity index is 1.90. The third kappa shape index (κ3) is 3.22. The molecule has 3 heterocycles. The number of halogens is 2. The van der Waals surface area contributed by atoms with Crippen molar-refractivity contribution >= 4 is 29.3 Å². The number of nitrogens with zero attached hydrogens (tertiary/aromatic N) is 2. The Morgan fingerprint density at radius 3 is 2.57 bits per heavy atom. The van der Waals surface area contributed by atoms with Crippen molar-refractivity contribution in [1.82, 2.24) is 9.47 Å². The number of fused-ring (bicyclic) bond motifs is 4. The molecule has 1 aromatic rings. The number of pyridine rings is 1. The minimum atomic E-state index is -0.524. The fourth-order valence-electron chi connectivity index (χ4n) is 3.48. The standard InChI is InChI=1S/C16H20Cl2N2O3/c1-16(2,3)23-15(22)19-6-9-4-10(8-19)13-11(17)5-12(18)14(21)20(13)7-9/h5,9-10H,4,6-8H2,1-3H3. The second-order valence-corrected chi connectivity index (χ2v) is 8.14. The van der Waals surface area contributed by atoms with Crippen LogP contribution in [0.2, 0.25) is 10.0 Å². The molecule has 5 nitrogen and oxygen atoms in total. The molecule has 126 valence electrons. The molecule has 2 atom stereocenters. The second kappa shape index (κ2) is 5.71. The first kappa shape index (κ1) is 16.7. The highest BCUT2D eigenvalue weighted by Gasteiger charge is 2.39. The Labute approximate surface area is 145 Å². The maximum Gasteiger partial charge on any atom is 0.410 e. The largest absolute Gasteiger partial charge is 0.444 e. The molecule has 1 amide bonds. The lowest BCUT2D eigenvalue weighted by atomic mass is 9.83. The number of hydrogen-bond donors (Lipinski definition) is 0. The molecule has 0 saturated carbocycles. The van der Waals surface area contributed by atoms with Crippen LogP contribution in [0.1, 0.15) is 38.8 Å². The van der Waals surface area contributed by atoms with Crippen LogP contribution >= 0.6 is 23.2 Å². The Kier molecular flexibility index (Phi) is 4.13. The van der Waals surface area contributed by atoms with Gasteiger partial charge in [0.15, 0.2) is 0 Å². The third-order valence-electron chi connectivity index (χ3n) is 4.25. The summed E-state index contributed by atoms with van der Waals surface area (Å²) in [5.74, 6) is 0.244. The first-order chi connectivity index (χ1) is 10.7. The van der Waals surface area contributed by atoms with Crippen LogP contribution in [-0.2, 0) is 11.3 Å². The Bertz CT molecular complexity index is 709. The molecule has 7 heteroatoms. The first-order valence-electron chi connectivity index (χ1n) is 7.72. The van der Waals surface area contributed by atoms with E-state index in [1.165, 1.54) is 6.07 Å². The summed E-state index contributed by atoms with van der Waals surface area (Å²) in [5.41, 5.74) is 0.0565. The Morgan fingerprint density at radius 1 is 1.22 bits per heavy atom. The Hall–Kier alpha value is -1.20. The van der Waals surface area contributed by atoms with Crippen LogP contribution in [0.15, 0.2) is 10.9 Å². The zero-order valence-electron chi connectivity index (χ0n) is 13.4. The predicted octanol–water partition coefficient (Wildman–Crippen LogP) is 3.51. The molecular weight excluding hydrogens is 339 g/mol. The van der Waals surface area contributed by atoms with Gasteiger partial charge in [0.2, 0.25) is 0 Å². The molecule has 2 bridgehead atoms. The van der Waals surface area contributed by atoms with Gasteiger partial charge < -0.3 is 14.2 Å². The number of hydrogen-bond acceptors (Lipinski definition) is 3. The van der Waals surface area contributed by atoms with Gasteiger partial charge in [0.25, 0.3) is 5.56 Å². The van der Waals surface area contributed by atoms with Crippen molar-refractivity contribution < 1.29 is 9.53 Å². The molecule has 1 saturated heterocycles. The fraction of sp³-hybridized carbons (Fsp3) is 0.625. The van der Waals surface area contributed by atoms with Gasteiger partial charge >= 0.3 is 6.09 Å². The van der Waals surface area contributed by atoms with Gasteiger partial charge in [0.1, 0.15) is 10.6 Å². The van der Waals surface area contributed by atoms with Crippen LogP contribution in [0, 0.1) is 5.92 Å². The van der Waals surface area contributed by atoms with E-state index >= 15 is 0 Å². The molecule has 2 aliphatic heterocycles. The predicted molar refractivity (Wildman–Crippen MR) is 89.4 cm³/mol. The molecule has 23 heavy (non-hydrogen) atoms. The molecule has 3 rings (SSSR count). The van der Waals surface area contributed by atoms with E-state index in [2.05, 4.69) is 0 Å². The van der Waals surface area contributed by atoms with E-state index < -0.39 is 5.60 Å². The normalized spacial score (nSPS) is 23.4. The summed E-state index contributed by atoms with van der Waals surface area (Å²) in [6.45, 7) is 7.17. The number of likely N-dealkylation sites (tertiary alicyclic amines) is 1. The van der Waals surface area contributed by atoms with Crippen LogP contribution in [-0.4, -0.2) is 34.3 Å². The minimum Gasteiger partial charge on any atom is -0.444 e. The van der Waals surface area contributed by atoms with E-state index in [-0.39, 0.29) is 28.5 Å². The highest BCUT2D eigenvalue weighted by Crippen LogP contribution is 2.39. The van der Waals surface area contributed by atoms with Crippen LogP contribution in [0.3, 0.4) is 0 Å². The van der Waals surface area contributed by atoms with Crippen molar-refractivity contribution in [2.24, 2.45) is 5.92 Å². The lowest BCUT2D eigenvalue weighted by molar-refractivity contribution is 0.0102. The van der Waals surface area contributed by atoms with Gasteiger partial charge in [-0.2, -0.15) is 0 Å². The van der Waals surface area contributed by atoms with Crippen LogP contribution < -0.4 is 5.56 Å². The van der Waals surface area contributed by atoms with E-state index in [0.29, 0.717) is 24.7 Å². The second-order valence-electron chi connectivity index (χ2n) is 7.33. The van der Waals surface area contributed by atoms with E-state index in [1.807, 2.05) is 20.8 Å². The molecule has 0 N–H and O–H groups in total. The smallest absolute Gasteiger partial charge is 0.410 e. The van der Waals surface area contributed by atoms with Crippen LogP contribution in [0.4, 0.5) is 4.79 Å². The zero-order chi connectivity index (χ0) is 16.9. The number of aromatic nitrogens is 1. The maximum absolute atomic E-state index is 12.3. The molecule has 2 unspecified atom stereocenters. The van der Waals surface area contributed by atoms with Gasteiger partial charge in [0.05, 0.1) is 5.02 Å². The Morgan fingerprint density at radius 2 is 1.91 bits per heavy atom. The van der Waals surface area contributed by atoms with Crippen LogP contribution in [0.5, 0.6) is 0 Å². The van der Waals surface area contributed by atoms with Crippen molar-refractivity contribution in [1.29, 1.82) is 0 Å². The van der Waals surface area contributed by atoms with Gasteiger partial charge in [-0.25, -0.2) is 4.79 Å². The van der Waals surface area contributed by atoms with Gasteiger partial charge in [-0.15, -0.1) is 0 Å². The highest BCUT2D eigenvalue weighted by molar-refractivity contribution is 6.34. The van der Waals surface area contributed by atoms with Crippen molar-refractivity contribution in [3.63, 3.8) is 0 Å². The summed E-state index contributed by atoms with van der Waals surface area (Å²) in [4.78, 5) is 26.3. The number of carbonyl (C=O) groups excluding carboxylic acids is 1. The van der Waals surface area contributed by atoms with Gasteiger partial charge in [-0.3, -0.25) is 4.79 Å². The number of carbonyl (C=O) groups is 1. The number of piperidine rings is 1. The summed E-state index contributed by atoms with van der Waals surface area (Å²) in [7, 11) is 0. The molecular formula is C16H20Cl2N2O3. The quantitative estimate of drug-likeness (QED) is 0.712. The van der Waals surface area contributed by atoms with Crippen molar-refractivity contribution in [2.75, 3.05) is 13.1 Å². The zero-order valence-corrected chi connectivity index (χ0v) is 14.9. The molecule has 1 aromatic heterocycles. The molecule has 0 radical (unpaired) electrons. The van der Waals surface area contributed by atoms with E-state index in [9.17, 15) is 9.59 Å². The molecule has 1 fully saturated rings. The van der Waals surface area contributed by atoms with Gasteiger partial charge in [0, 0.05) is 31.2 Å². The number of amides is 1. The molecule has 2 aliphatic rings. The van der Waals surface area contributed by atoms with Crippen LogP contribution in [0.25, 0.3) is 0 Å². The average Bonchev–Trinajstić information content (AvgIpc) is 2.42. The monoisotopic (exact) mass is 358 g/mol. The van der Waals surface area contributed by atoms with Crippen molar-refractivity contribution in [3.8, 4) is 0 Å². The fourth-order valence-corrected chi connectivity index (χ4v) is 4.11. The summed E-state index contributed by atoms with van der Waals surface area (Å²) in [6, 6.07) is 1.50. The number of ether oxygens (including phenoxy) is 1. The third-order valence-corrected chi connectivity index (χ3v) is 4.83. The highest BCUT2D eigenvalue weighted by atomic mass is 35.5. The summed E-state index contributed by atoms with van der Waals surface area (Å²) >= 11 is 12.3. The van der Waals surface area contributed by atoms with Crippen molar-refractivity contribution in [2.45, 2.75) is 45.3 Å². The lowest BCUT2D eigenvalue weighted by Gasteiger charge is -2.43. The first-order valence-corrected chi connectivity index (χ1v) is 8.48. The van der Waals surface area contributed by atoms with Crippen molar-refractivity contribution in [3.05, 3.63) is 32.2 Å². The topological polar surface area (TPSA) is 51.5 Å². The molecule has 0 aromatic carbocycles. The van der Waals surface area contributed by atoms with Gasteiger partial charge in [-0.1, -0.05) is 23.2 Å². The summed E-state index contributed by atoms with van der Waals surface area (Å²) < 4.78 is 7.14. The summed E-state index contributed by atoms with van der Waals surface area (Å²) in [6.07, 6.45) is 0.605. The van der Waals surface area contributed by atoms with E-state index in [1.54, 1.807) is 9.47 Å². The number of rotatable bonds is 0. The van der Waals surface area contributed by atoms with E-state index in [0.717, 1.165) is 12.1 Å². The molecule has 0 aliphatic carbocycles. The van der Waals surface area contributed by atoms with E-state index in [4.69, 9.17) is 27.9 Å². The SMILES string of the molecule is CC(C)(C)OC(=O)N1CC2CC(C1)c1c(Cl)cc(Cl)c(=O)n1C2. The maximum atomic E-state index is 12.3. The summed E-state index contributed by atoms with van der Waals surface area (Å²) in [5, 5.41) is 0.631. The molecule has 0 spiro atoms. The minimum absolute atomic E-state index is 0.0347. The van der Waals surface area contributed by atoms with Gasteiger partial charge in [-0.05, 0) is 39.2 Å². The lowest BCUT2D eigenvalue weighted by Crippen LogP contribution is -2.50. The average molecular weight is 359 g/mol.